The van der Waals surface area contributed by atoms with Crippen molar-refractivity contribution < 1.29 is 18.7 Å². The minimum atomic E-state index is -0.449. The number of carbonyl (C=O) groups excluding carboxylic acids is 2. The molecule has 1 aromatic carbocycles. The lowest BCUT2D eigenvalue weighted by Gasteiger charge is -2.56. The number of amides is 2. The van der Waals surface area contributed by atoms with E-state index in [9.17, 15) is 14.0 Å². The number of nitrogens with one attached hydrogen (secondary N) is 1. The third kappa shape index (κ3) is 4.41. The minimum absolute atomic E-state index is 0.0100. The first-order valence-electron chi connectivity index (χ1n) is 10.7. The van der Waals surface area contributed by atoms with Crippen LogP contribution in [0.1, 0.15) is 50.5 Å². The summed E-state index contributed by atoms with van der Waals surface area (Å²) in [7, 11) is 3.08. The van der Waals surface area contributed by atoms with E-state index in [0.29, 0.717) is 12.0 Å². The zero-order valence-electron chi connectivity index (χ0n) is 17.4. The zero-order valence-corrected chi connectivity index (χ0v) is 17.4. The molecule has 0 radical (unpaired) electrons. The second kappa shape index (κ2) is 7.96. The zero-order chi connectivity index (χ0) is 20.6. The van der Waals surface area contributed by atoms with Gasteiger partial charge in [-0.25, -0.2) is 4.39 Å². The molecule has 0 saturated heterocycles. The second-order valence-corrected chi connectivity index (χ2v) is 9.59. The molecule has 158 valence electrons. The fourth-order valence-corrected chi connectivity index (χ4v) is 6.39. The molecule has 2 amide bonds. The number of benzene rings is 1. The minimum Gasteiger partial charge on any atom is -0.494 e. The maximum absolute atomic E-state index is 13.8. The van der Waals surface area contributed by atoms with Crippen molar-refractivity contribution >= 4 is 11.8 Å². The highest BCUT2D eigenvalue weighted by molar-refractivity contribution is 5.84. The predicted octanol–water partition coefficient (Wildman–Crippen LogP) is 3.52. The third-order valence-corrected chi connectivity index (χ3v) is 7.20. The van der Waals surface area contributed by atoms with E-state index in [-0.39, 0.29) is 36.1 Å². The average Bonchev–Trinajstić information content (AvgIpc) is 2.64. The first-order valence-corrected chi connectivity index (χ1v) is 10.7. The molecule has 0 aliphatic heterocycles. The van der Waals surface area contributed by atoms with Crippen molar-refractivity contribution in [2.45, 2.75) is 51.5 Å². The summed E-state index contributed by atoms with van der Waals surface area (Å²) >= 11 is 0. The quantitative estimate of drug-likeness (QED) is 0.759. The summed E-state index contributed by atoms with van der Waals surface area (Å²) < 4.78 is 18.7. The van der Waals surface area contributed by atoms with Gasteiger partial charge in [0, 0.05) is 20.0 Å². The van der Waals surface area contributed by atoms with E-state index >= 15 is 0 Å². The summed E-state index contributed by atoms with van der Waals surface area (Å²) in [6.45, 7) is 0.269. The van der Waals surface area contributed by atoms with Crippen molar-refractivity contribution in [2.75, 3.05) is 20.7 Å². The van der Waals surface area contributed by atoms with Crippen LogP contribution in [0.2, 0.25) is 0 Å². The molecule has 4 bridgehead atoms. The van der Waals surface area contributed by atoms with E-state index in [4.69, 9.17) is 4.74 Å². The van der Waals surface area contributed by atoms with Crippen LogP contribution in [-0.4, -0.2) is 37.4 Å². The van der Waals surface area contributed by atoms with Gasteiger partial charge >= 0.3 is 0 Å². The van der Waals surface area contributed by atoms with Crippen molar-refractivity contribution in [3.05, 3.63) is 29.6 Å². The Hall–Kier alpha value is -2.11. The molecular weight excluding hydrogens is 371 g/mol. The Balaban J connectivity index is 1.26. The van der Waals surface area contributed by atoms with Gasteiger partial charge in [-0.2, -0.15) is 0 Å². The molecule has 4 saturated carbocycles. The SMILES string of the molecule is COc1ccc(CN(C)C(=O)CNC(=O)CC23CC4CC(CC(C4)C2)C3)cc1F. The Bertz CT molecular complexity index is 759. The molecular formula is C23H31FN2O3. The average molecular weight is 403 g/mol. The van der Waals surface area contributed by atoms with Crippen LogP contribution in [-0.2, 0) is 16.1 Å². The Morgan fingerprint density at radius 3 is 2.34 bits per heavy atom. The summed E-state index contributed by atoms with van der Waals surface area (Å²) in [6, 6.07) is 4.65. The number of carbonyl (C=O) groups is 2. The lowest BCUT2D eigenvalue weighted by molar-refractivity contribution is -0.135. The topological polar surface area (TPSA) is 58.6 Å². The van der Waals surface area contributed by atoms with Crippen molar-refractivity contribution in [3.63, 3.8) is 0 Å². The molecule has 0 atom stereocenters. The first kappa shape index (κ1) is 20.2. The number of methoxy groups -OCH3 is 1. The molecule has 0 unspecified atom stereocenters. The summed E-state index contributed by atoms with van der Waals surface area (Å²) in [5.41, 5.74) is 0.855. The van der Waals surface area contributed by atoms with Gasteiger partial charge in [-0.1, -0.05) is 6.07 Å². The largest absolute Gasteiger partial charge is 0.494 e. The highest BCUT2D eigenvalue weighted by Gasteiger charge is 2.51. The van der Waals surface area contributed by atoms with E-state index < -0.39 is 5.82 Å². The molecule has 4 aliphatic rings. The molecule has 0 aromatic heterocycles. The molecule has 1 N–H and O–H groups in total. The fourth-order valence-electron chi connectivity index (χ4n) is 6.39. The third-order valence-electron chi connectivity index (χ3n) is 7.20. The van der Waals surface area contributed by atoms with Crippen molar-refractivity contribution in [1.82, 2.24) is 10.2 Å². The summed E-state index contributed by atoms with van der Waals surface area (Å²) in [4.78, 5) is 26.5. The molecule has 5 nitrogen and oxygen atoms in total. The highest BCUT2D eigenvalue weighted by Crippen LogP contribution is 2.61. The van der Waals surface area contributed by atoms with Gasteiger partial charge in [0.15, 0.2) is 11.6 Å². The molecule has 4 fully saturated rings. The van der Waals surface area contributed by atoms with Gasteiger partial charge in [0.1, 0.15) is 0 Å². The van der Waals surface area contributed by atoms with E-state index in [0.717, 1.165) is 17.8 Å². The molecule has 0 heterocycles. The Morgan fingerprint density at radius 1 is 1.17 bits per heavy atom. The van der Waals surface area contributed by atoms with Gasteiger partial charge in [0.25, 0.3) is 0 Å². The number of hydrogen-bond donors (Lipinski definition) is 1. The predicted molar refractivity (Wildman–Crippen MR) is 108 cm³/mol. The standard InChI is InChI=1S/C23H31FN2O3/c1-26(14-15-3-4-20(29-2)19(24)8-15)22(28)13-25-21(27)12-23-9-16-5-17(10-23)7-18(6-16)11-23/h3-4,8,16-18H,5-7,9-14H2,1-2H3,(H,25,27). The number of halogens is 1. The van der Waals surface area contributed by atoms with Crippen molar-refractivity contribution in [2.24, 2.45) is 23.2 Å². The summed E-state index contributed by atoms with van der Waals surface area (Å²) in [6.07, 6.45) is 8.18. The molecule has 0 spiro atoms. The van der Waals surface area contributed by atoms with E-state index in [1.807, 2.05) is 0 Å². The molecule has 6 heteroatoms. The Labute approximate surface area is 172 Å². The van der Waals surface area contributed by atoms with Gasteiger partial charge in [-0.05, 0) is 79.4 Å². The van der Waals surface area contributed by atoms with E-state index in [2.05, 4.69) is 5.32 Å². The molecule has 4 aliphatic carbocycles. The number of nitrogens with zero attached hydrogens (tertiary/aromatic N) is 1. The van der Waals surface area contributed by atoms with Gasteiger partial charge in [0.2, 0.25) is 11.8 Å². The first-order chi connectivity index (χ1) is 13.9. The van der Waals surface area contributed by atoms with Crippen LogP contribution in [0, 0.1) is 29.0 Å². The van der Waals surface area contributed by atoms with Crippen LogP contribution in [0.5, 0.6) is 5.75 Å². The van der Waals surface area contributed by atoms with Crippen molar-refractivity contribution in [1.29, 1.82) is 0 Å². The smallest absolute Gasteiger partial charge is 0.242 e. The van der Waals surface area contributed by atoms with Gasteiger partial charge in [-0.3, -0.25) is 9.59 Å². The summed E-state index contributed by atoms with van der Waals surface area (Å²) in [5.74, 6) is 1.98. The number of hydrogen-bond acceptors (Lipinski definition) is 3. The van der Waals surface area contributed by atoms with Crippen LogP contribution < -0.4 is 10.1 Å². The van der Waals surface area contributed by atoms with Gasteiger partial charge in [-0.15, -0.1) is 0 Å². The second-order valence-electron chi connectivity index (χ2n) is 9.59. The lowest BCUT2D eigenvalue weighted by atomic mass is 9.49. The molecule has 29 heavy (non-hydrogen) atoms. The molecule has 1 aromatic rings. The van der Waals surface area contributed by atoms with Gasteiger partial charge < -0.3 is 15.0 Å². The monoisotopic (exact) mass is 402 g/mol. The molecule has 5 rings (SSSR count). The normalized spacial score (nSPS) is 29.6. The number of rotatable bonds is 7. The maximum Gasteiger partial charge on any atom is 0.242 e. The van der Waals surface area contributed by atoms with E-state index in [1.165, 1.54) is 56.6 Å². The van der Waals surface area contributed by atoms with Crippen molar-refractivity contribution in [3.8, 4) is 5.75 Å². The summed E-state index contributed by atoms with van der Waals surface area (Å²) in [5, 5.41) is 2.83. The highest BCUT2D eigenvalue weighted by atomic mass is 19.1. The van der Waals surface area contributed by atoms with E-state index in [1.54, 1.807) is 19.2 Å². The van der Waals surface area contributed by atoms with Crippen LogP contribution in [0.25, 0.3) is 0 Å². The van der Waals surface area contributed by atoms with Crippen LogP contribution >= 0.6 is 0 Å². The van der Waals surface area contributed by atoms with Gasteiger partial charge in [0.05, 0.1) is 13.7 Å². The van der Waals surface area contributed by atoms with Crippen LogP contribution in [0.4, 0.5) is 4.39 Å². The number of ether oxygens (including phenoxy) is 1. The van der Waals surface area contributed by atoms with Crippen LogP contribution in [0.15, 0.2) is 18.2 Å². The Morgan fingerprint density at radius 2 is 1.79 bits per heavy atom. The Kier molecular flexibility index (Phi) is 5.54. The number of likely N-dealkylation sites (N-methyl/N-ethyl adjacent to an activating group) is 1. The maximum atomic E-state index is 13.8. The lowest BCUT2D eigenvalue weighted by Crippen LogP contribution is -2.48. The van der Waals surface area contributed by atoms with Crippen LogP contribution in [0.3, 0.4) is 0 Å². The fraction of sp³-hybridized carbons (Fsp3) is 0.652.